The summed E-state index contributed by atoms with van der Waals surface area (Å²) in [5.41, 5.74) is -0.491. The first-order valence-electron chi connectivity index (χ1n) is 6.00. The van der Waals surface area contributed by atoms with Crippen LogP contribution in [0.5, 0.6) is 0 Å². The first-order valence-corrected chi connectivity index (χ1v) is 6.00. The minimum Gasteiger partial charge on any atom is -0.481 e. The summed E-state index contributed by atoms with van der Waals surface area (Å²) in [6.45, 7) is 2.89. The largest absolute Gasteiger partial charge is 0.481 e. The van der Waals surface area contributed by atoms with Crippen molar-refractivity contribution in [3.8, 4) is 0 Å². The van der Waals surface area contributed by atoms with E-state index >= 15 is 0 Å². The van der Waals surface area contributed by atoms with Crippen molar-refractivity contribution in [1.29, 1.82) is 0 Å². The highest BCUT2D eigenvalue weighted by Gasteiger charge is 2.48. The average Bonchev–Trinajstić information content (AvgIpc) is 2.78. The van der Waals surface area contributed by atoms with Gasteiger partial charge in [-0.1, -0.05) is 13.3 Å². The SMILES string of the molecule is CC1CCCC1(CC1CCCO1)C(=O)O. The summed E-state index contributed by atoms with van der Waals surface area (Å²) in [4.78, 5) is 11.5. The molecule has 2 aliphatic rings. The summed E-state index contributed by atoms with van der Waals surface area (Å²) in [6, 6.07) is 0. The fraction of sp³-hybridized carbons (Fsp3) is 0.917. The van der Waals surface area contributed by atoms with E-state index in [0.29, 0.717) is 5.92 Å². The van der Waals surface area contributed by atoms with E-state index in [1.54, 1.807) is 0 Å². The van der Waals surface area contributed by atoms with Crippen LogP contribution in [0.2, 0.25) is 0 Å². The van der Waals surface area contributed by atoms with Crippen LogP contribution in [0.15, 0.2) is 0 Å². The molecule has 0 aromatic rings. The first kappa shape index (κ1) is 10.9. The highest BCUT2D eigenvalue weighted by Crippen LogP contribution is 2.48. The molecule has 1 aliphatic heterocycles. The lowest BCUT2D eigenvalue weighted by Gasteiger charge is -2.31. The Bertz CT molecular complexity index is 245. The standard InChI is InChI=1S/C12H20O3/c1-9-4-2-6-12(9,11(13)14)8-10-5-3-7-15-10/h9-10H,2-8H2,1H3,(H,13,14). The number of rotatable bonds is 3. The molecular weight excluding hydrogens is 192 g/mol. The molecule has 3 unspecified atom stereocenters. The third kappa shape index (κ3) is 1.89. The van der Waals surface area contributed by atoms with Gasteiger partial charge in [0.2, 0.25) is 0 Å². The minimum absolute atomic E-state index is 0.196. The number of carbonyl (C=O) groups is 1. The highest BCUT2D eigenvalue weighted by molar-refractivity contribution is 5.75. The van der Waals surface area contributed by atoms with Crippen molar-refractivity contribution in [3.05, 3.63) is 0 Å². The molecule has 3 atom stereocenters. The van der Waals surface area contributed by atoms with E-state index in [0.717, 1.165) is 45.1 Å². The number of hydrogen-bond donors (Lipinski definition) is 1. The fourth-order valence-corrected chi connectivity index (χ4v) is 3.17. The van der Waals surface area contributed by atoms with Crippen LogP contribution in [0.25, 0.3) is 0 Å². The van der Waals surface area contributed by atoms with Crippen LogP contribution < -0.4 is 0 Å². The second-order valence-electron chi connectivity index (χ2n) is 5.09. The van der Waals surface area contributed by atoms with Crippen molar-refractivity contribution in [2.75, 3.05) is 6.61 Å². The lowest BCUT2D eigenvalue weighted by molar-refractivity contribution is -0.153. The Morgan fingerprint density at radius 2 is 2.27 bits per heavy atom. The van der Waals surface area contributed by atoms with Crippen LogP contribution in [-0.4, -0.2) is 23.8 Å². The van der Waals surface area contributed by atoms with Gasteiger partial charge in [0.25, 0.3) is 0 Å². The van der Waals surface area contributed by atoms with E-state index in [9.17, 15) is 9.90 Å². The van der Waals surface area contributed by atoms with Gasteiger partial charge in [0.15, 0.2) is 0 Å². The summed E-state index contributed by atoms with van der Waals surface area (Å²) in [7, 11) is 0. The fourth-order valence-electron chi connectivity index (χ4n) is 3.17. The molecule has 0 spiro atoms. The van der Waals surface area contributed by atoms with Crippen LogP contribution in [0.3, 0.4) is 0 Å². The third-order valence-corrected chi connectivity index (χ3v) is 4.25. The van der Waals surface area contributed by atoms with Crippen LogP contribution >= 0.6 is 0 Å². The lowest BCUT2D eigenvalue weighted by atomic mass is 9.74. The first-order chi connectivity index (χ1) is 7.15. The molecule has 2 fully saturated rings. The van der Waals surface area contributed by atoms with Crippen LogP contribution in [0.4, 0.5) is 0 Å². The second-order valence-corrected chi connectivity index (χ2v) is 5.09. The van der Waals surface area contributed by atoms with E-state index in [2.05, 4.69) is 6.92 Å². The van der Waals surface area contributed by atoms with Crippen molar-refractivity contribution in [3.63, 3.8) is 0 Å². The van der Waals surface area contributed by atoms with E-state index in [1.807, 2.05) is 0 Å². The predicted octanol–water partition coefficient (Wildman–Crippen LogP) is 2.45. The Balaban J connectivity index is 2.08. The van der Waals surface area contributed by atoms with Gasteiger partial charge in [-0.3, -0.25) is 4.79 Å². The quantitative estimate of drug-likeness (QED) is 0.781. The van der Waals surface area contributed by atoms with Gasteiger partial charge >= 0.3 is 5.97 Å². The zero-order valence-electron chi connectivity index (χ0n) is 9.37. The molecular formula is C12H20O3. The molecule has 3 heteroatoms. The van der Waals surface area contributed by atoms with Crippen molar-refractivity contribution in [2.45, 2.75) is 51.6 Å². The van der Waals surface area contributed by atoms with Gasteiger partial charge in [-0.15, -0.1) is 0 Å². The number of aliphatic carboxylic acids is 1. The molecule has 3 nitrogen and oxygen atoms in total. The molecule has 0 aromatic carbocycles. The van der Waals surface area contributed by atoms with Gasteiger partial charge in [0, 0.05) is 6.61 Å². The van der Waals surface area contributed by atoms with Crippen LogP contribution in [0, 0.1) is 11.3 Å². The average molecular weight is 212 g/mol. The van der Waals surface area contributed by atoms with E-state index in [-0.39, 0.29) is 6.10 Å². The Morgan fingerprint density at radius 1 is 1.47 bits per heavy atom. The number of carboxylic acids is 1. The molecule has 1 saturated carbocycles. The maximum Gasteiger partial charge on any atom is 0.310 e. The lowest BCUT2D eigenvalue weighted by Crippen LogP contribution is -2.37. The topological polar surface area (TPSA) is 46.5 Å². The Morgan fingerprint density at radius 3 is 2.73 bits per heavy atom. The van der Waals surface area contributed by atoms with Crippen molar-refractivity contribution in [1.82, 2.24) is 0 Å². The van der Waals surface area contributed by atoms with Gasteiger partial charge in [-0.05, 0) is 38.0 Å². The Hall–Kier alpha value is -0.570. The molecule has 1 N–H and O–H groups in total. The number of hydrogen-bond acceptors (Lipinski definition) is 2. The third-order valence-electron chi connectivity index (χ3n) is 4.25. The molecule has 1 heterocycles. The number of carboxylic acid groups (broad SMARTS) is 1. The van der Waals surface area contributed by atoms with Crippen LogP contribution in [-0.2, 0) is 9.53 Å². The smallest absolute Gasteiger partial charge is 0.310 e. The molecule has 0 radical (unpaired) electrons. The van der Waals surface area contributed by atoms with Crippen LogP contribution in [0.1, 0.15) is 45.4 Å². The van der Waals surface area contributed by atoms with E-state index in [4.69, 9.17) is 4.74 Å². The maximum atomic E-state index is 11.5. The zero-order chi connectivity index (χ0) is 10.9. The molecule has 0 aromatic heterocycles. The molecule has 1 saturated heterocycles. The Kier molecular flexibility index (Phi) is 3.01. The van der Waals surface area contributed by atoms with Crippen molar-refractivity contribution >= 4 is 5.97 Å². The minimum atomic E-state index is -0.608. The molecule has 1 aliphatic carbocycles. The summed E-state index contributed by atoms with van der Waals surface area (Å²) < 4.78 is 5.58. The summed E-state index contributed by atoms with van der Waals surface area (Å²) in [6.07, 6.45) is 6.00. The predicted molar refractivity (Wildman–Crippen MR) is 56.7 cm³/mol. The van der Waals surface area contributed by atoms with Gasteiger partial charge in [-0.2, -0.15) is 0 Å². The summed E-state index contributed by atoms with van der Waals surface area (Å²) in [5, 5.41) is 9.44. The normalized spacial score (nSPS) is 40.9. The zero-order valence-corrected chi connectivity index (χ0v) is 9.37. The van der Waals surface area contributed by atoms with Crippen molar-refractivity contribution in [2.24, 2.45) is 11.3 Å². The molecule has 0 bridgehead atoms. The molecule has 0 amide bonds. The molecule has 15 heavy (non-hydrogen) atoms. The van der Waals surface area contributed by atoms with E-state index < -0.39 is 11.4 Å². The summed E-state index contributed by atoms with van der Waals surface area (Å²) in [5.74, 6) is -0.304. The Labute approximate surface area is 90.8 Å². The molecule has 86 valence electrons. The summed E-state index contributed by atoms with van der Waals surface area (Å²) >= 11 is 0. The van der Waals surface area contributed by atoms with Gasteiger partial charge in [-0.25, -0.2) is 0 Å². The number of ether oxygens (including phenoxy) is 1. The monoisotopic (exact) mass is 212 g/mol. The van der Waals surface area contributed by atoms with E-state index in [1.165, 1.54) is 0 Å². The van der Waals surface area contributed by atoms with Gasteiger partial charge in [0.05, 0.1) is 11.5 Å². The highest BCUT2D eigenvalue weighted by atomic mass is 16.5. The second kappa shape index (κ2) is 4.12. The van der Waals surface area contributed by atoms with Gasteiger partial charge in [0.1, 0.15) is 0 Å². The maximum absolute atomic E-state index is 11.5. The van der Waals surface area contributed by atoms with Crippen molar-refractivity contribution < 1.29 is 14.6 Å². The molecule has 2 rings (SSSR count). The van der Waals surface area contributed by atoms with Gasteiger partial charge < -0.3 is 9.84 Å².